The Morgan fingerprint density at radius 1 is 0.878 bits per heavy atom. The summed E-state index contributed by atoms with van der Waals surface area (Å²) in [6.07, 6.45) is 4.60. The van der Waals surface area contributed by atoms with E-state index in [4.69, 9.17) is 4.98 Å². The number of aromatic nitrogens is 3. The third-order valence-electron chi connectivity index (χ3n) is 7.60. The van der Waals surface area contributed by atoms with Crippen LogP contribution in [-0.2, 0) is 11.3 Å². The quantitative estimate of drug-likeness (QED) is 0.233. The van der Waals surface area contributed by atoms with Gasteiger partial charge in [-0.3, -0.25) is 14.6 Å². The Labute approximate surface area is 238 Å². The molecule has 6 rings (SSSR count). The van der Waals surface area contributed by atoms with Gasteiger partial charge in [-0.25, -0.2) is 4.98 Å². The van der Waals surface area contributed by atoms with Crippen molar-refractivity contribution in [2.45, 2.75) is 32.4 Å². The molecule has 0 aliphatic carbocycles. The molecule has 6 aromatic rings. The summed E-state index contributed by atoms with van der Waals surface area (Å²) >= 11 is 0. The van der Waals surface area contributed by atoms with Crippen LogP contribution in [0.15, 0.2) is 97.3 Å². The number of hydrogen-bond acceptors (Lipinski definition) is 4. The van der Waals surface area contributed by atoms with Crippen LogP contribution in [0.3, 0.4) is 0 Å². The number of para-hydroxylation sites is 1. The molecule has 2 N–H and O–H groups in total. The summed E-state index contributed by atoms with van der Waals surface area (Å²) in [5.74, 6) is 0.578. The second-order valence-corrected chi connectivity index (χ2v) is 10.3. The maximum Gasteiger partial charge on any atom is 0.253 e. The summed E-state index contributed by atoms with van der Waals surface area (Å²) in [6, 6.07) is 28.1. The van der Waals surface area contributed by atoms with Crippen LogP contribution >= 0.6 is 0 Å². The van der Waals surface area contributed by atoms with E-state index in [-0.39, 0.29) is 17.9 Å². The lowest BCUT2D eigenvalue weighted by Gasteiger charge is -2.17. The molecule has 7 nitrogen and oxygen atoms in total. The topological polar surface area (TPSA) is 88.9 Å². The third-order valence-corrected chi connectivity index (χ3v) is 7.60. The molecule has 41 heavy (non-hydrogen) atoms. The Morgan fingerprint density at radius 2 is 1.68 bits per heavy atom. The predicted molar refractivity (Wildman–Crippen MR) is 164 cm³/mol. The highest BCUT2D eigenvalue weighted by Gasteiger charge is 2.21. The van der Waals surface area contributed by atoms with Crippen molar-refractivity contribution in [1.82, 2.24) is 25.2 Å². The molecule has 0 unspecified atom stereocenters. The summed E-state index contributed by atoms with van der Waals surface area (Å²) in [4.78, 5) is 35.0. The normalized spacial score (nSPS) is 12.0. The molecular weight excluding hydrogens is 510 g/mol. The third kappa shape index (κ3) is 5.26. The van der Waals surface area contributed by atoms with Crippen LogP contribution in [-0.4, -0.2) is 33.4 Å². The van der Waals surface area contributed by atoms with Crippen LogP contribution in [0, 0.1) is 0 Å². The summed E-state index contributed by atoms with van der Waals surface area (Å²) in [5.41, 5.74) is 4.03. The van der Waals surface area contributed by atoms with Crippen molar-refractivity contribution in [3.63, 3.8) is 0 Å². The van der Waals surface area contributed by atoms with Gasteiger partial charge in [0.2, 0.25) is 5.91 Å². The fourth-order valence-corrected chi connectivity index (χ4v) is 5.39. The Bertz CT molecular complexity index is 1910. The van der Waals surface area contributed by atoms with E-state index in [1.165, 1.54) is 0 Å². The van der Waals surface area contributed by atoms with Gasteiger partial charge in [0.1, 0.15) is 5.82 Å². The summed E-state index contributed by atoms with van der Waals surface area (Å²) < 4.78 is 2.08. The van der Waals surface area contributed by atoms with Gasteiger partial charge in [-0.15, -0.1) is 0 Å². The largest absolute Gasteiger partial charge is 0.359 e. The van der Waals surface area contributed by atoms with E-state index < -0.39 is 0 Å². The predicted octanol–water partition coefficient (Wildman–Crippen LogP) is 6.42. The molecule has 4 aromatic carbocycles. The molecule has 2 aromatic heterocycles. The summed E-state index contributed by atoms with van der Waals surface area (Å²) in [6.45, 7) is 2.54. The first-order chi connectivity index (χ1) is 20.0. The number of imidazole rings is 1. The van der Waals surface area contributed by atoms with Crippen molar-refractivity contribution in [1.29, 1.82) is 0 Å². The van der Waals surface area contributed by atoms with Gasteiger partial charge in [0.25, 0.3) is 5.91 Å². The number of nitrogens with one attached hydrogen (secondary N) is 2. The number of carbonyl (C=O) groups is 2. The maximum absolute atomic E-state index is 13.8. The fourth-order valence-electron chi connectivity index (χ4n) is 5.39. The summed E-state index contributed by atoms with van der Waals surface area (Å²) in [5, 5.41) is 10.3. The number of carbonyl (C=O) groups excluding carboxylic acids is 2. The molecule has 7 heteroatoms. The van der Waals surface area contributed by atoms with E-state index in [2.05, 4.69) is 56.6 Å². The van der Waals surface area contributed by atoms with Gasteiger partial charge in [0.15, 0.2) is 0 Å². The highest BCUT2D eigenvalue weighted by Crippen LogP contribution is 2.30. The average Bonchev–Trinajstić information content (AvgIpc) is 3.39. The first kappa shape index (κ1) is 26.2. The lowest BCUT2D eigenvalue weighted by Crippen LogP contribution is -2.27. The minimum absolute atomic E-state index is 0.0173. The molecule has 0 radical (unpaired) electrons. The van der Waals surface area contributed by atoms with Crippen molar-refractivity contribution >= 4 is 44.4 Å². The van der Waals surface area contributed by atoms with E-state index in [1.807, 2.05) is 61.7 Å². The van der Waals surface area contributed by atoms with E-state index in [9.17, 15) is 9.59 Å². The standard InChI is InChI=1S/C34H31N5O2/c1-22(24-13-12-23-7-3-4-8-25(23)19-24)37-34(41)29-9-5-10-30-32(29)39(18-6-11-31(40)35-2)33(38-30)27-14-15-28-21-36-17-16-26(28)20-27/h3-5,7-10,12-17,19-22H,6,11,18H2,1-2H3,(H,35,40)(H,37,41)/t22-/m0/s1. The Balaban J connectivity index is 1.39. The summed E-state index contributed by atoms with van der Waals surface area (Å²) in [7, 11) is 1.64. The van der Waals surface area contributed by atoms with Crippen LogP contribution in [0.4, 0.5) is 0 Å². The lowest BCUT2D eigenvalue weighted by atomic mass is 10.0. The Morgan fingerprint density at radius 3 is 2.54 bits per heavy atom. The van der Waals surface area contributed by atoms with Crippen LogP contribution < -0.4 is 10.6 Å². The Hall–Kier alpha value is -5.04. The molecule has 1 atom stereocenters. The minimum atomic E-state index is -0.194. The minimum Gasteiger partial charge on any atom is -0.359 e. The first-order valence-corrected chi connectivity index (χ1v) is 13.9. The zero-order valence-corrected chi connectivity index (χ0v) is 23.1. The molecule has 2 heterocycles. The molecule has 0 aliphatic heterocycles. The van der Waals surface area contributed by atoms with E-state index in [0.29, 0.717) is 24.9 Å². The number of aryl methyl sites for hydroxylation is 1. The molecular formula is C34H31N5O2. The molecule has 204 valence electrons. The zero-order valence-electron chi connectivity index (χ0n) is 23.1. The second-order valence-electron chi connectivity index (χ2n) is 10.3. The van der Waals surface area contributed by atoms with E-state index >= 15 is 0 Å². The van der Waals surface area contributed by atoms with Crippen LogP contribution in [0.25, 0.3) is 44.0 Å². The maximum atomic E-state index is 13.8. The average molecular weight is 542 g/mol. The molecule has 2 amide bonds. The monoisotopic (exact) mass is 541 g/mol. The Kier molecular flexibility index (Phi) is 7.17. The SMILES string of the molecule is CNC(=O)CCCn1c(-c2ccc3cnccc3c2)nc2cccc(C(=O)N[C@@H](C)c3ccc4ccccc4c3)c21. The van der Waals surface area contributed by atoms with Gasteiger partial charge in [0.05, 0.1) is 22.6 Å². The van der Waals surface area contributed by atoms with Crippen LogP contribution in [0.5, 0.6) is 0 Å². The zero-order chi connectivity index (χ0) is 28.3. The number of pyridine rings is 1. The molecule has 0 fully saturated rings. The van der Waals surface area contributed by atoms with Crippen LogP contribution in [0.2, 0.25) is 0 Å². The fraction of sp³-hybridized carbons (Fsp3) is 0.176. The van der Waals surface area contributed by atoms with Gasteiger partial charge in [-0.05, 0) is 65.4 Å². The van der Waals surface area contributed by atoms with Crippen molar-refractivity contribution < 1.29 is 9.59 Å². The lowest BCUT2D eigenvalue weighted by molar-refractivity contribution is -0.120. The number of amides is 2. The van der Waals surface area contributed by atoms with E-state index in [0.717, 1.165) is 49.5 Å². The number of hydrogen-bond donors (Lipinski definition) is 2. The van der Waals surface area contributed by atoms with Crippen LogP contribution in [0.1, 0.15) is 41.7 Å². The molecule has 0 saturated heterocycles. The molecule has 0 spiro atoms. The van der Waals surface area contributed by atoms with Gasteiger partial charge >= 0.3 is 0 Å². The number of rotatable bonds is 8. The number of fused-ring (bicyclic) bond motifs is 3. The van der Waals surface area contributed by atoms with Gasteiger partial charge in [-0.1, -0.05) is 54.6 Å². The van der Waals surface area contributed by atoms with Gasteiger partial charge in [0, 0.05) is 43.4 Å². The smallest absolute Gasteiger partial charge is 0.253 e. The number of benzene rings is 4. The van der Waals surface area contributed by atoms with Crippen molar-refractivity contribution in [3.8, 4) is 11.4 Å². The molecule has 0 aliphatic rings. The van der Waals surface area contributed by atoms with Crippen molar-refractivity contribution in [2.75, 3.05) is 7.05 Å². The van der Waals surface area contributed by atoms with Gasteiger partial charge in [-0.2, -0.15) is 0 Å². The second kappa shape index (κ2) is 11.2. The highest BCUT2D eigenvalue weighted by molar-refractivity contribution is 6.06. The molecule has 0 bridgehead atoms. The van der Waals surface area contributed by atoms with Crippen molar-refractivity contribution in [2.24, 2.45) is 0 Å². The number of nitrogens with zero attached hydrogens (tertiary/aromatic N) is 3. The highest BCUT2D eigenvalue weighted by atomic mass is 16.2. The molecule has 0 saturated carbocycles. The van der Waals surface area contributed by atoms with Gasteiger partial charge < -0.3 is 15.2 Å². The van der Waals surface area contributed by atoms with Crippen molar-refractivity contribution in [3.05, 3.63) is 108 Å². The van der Waals surface area contributed by atoms with E-state index in [1.54, 1.807) is 13.2 Å². The first-order valence-electron chi connectivity index (χ1n) is 13.9.